The minimum Gasteiger partial charge on any atom is -0.346 e. The van der Waals surface area contributed by atoms with Crippen LogP contribution >= 0.6 is 11.3 Å². The highest BCUT2D eigenvalue weighted by molar-refractivity contribution is 7.20. The third-order valence-electron chi connectivity index (χ3n) is 4.95. The number of amides is 1. The number of rotatable bonds is 3. The van der Waals surface area contributed by atoms with Crippen LogP contribution in [0.1, 0.15) is 39.9 Å². The van der Waals surface area contributed by atoms with Crippen LogP contribution in [-0.4, -0.2) is 47.3 Å². The molecule has 3 fully saturated rings. The molecule has 5 nitrogen and oxygen atoms in total. The molecule has 0 saturated carbocycles. The van der Waals surface area contributed by atoms with Gasteiger partial charge < -0.3 is 10.2 Å². The average Bonchev–Trinajstić information content (AvgIpc) is 2.99. The van der Waals surface area contributed by atoms with Gasteiger partial charge in [0.15, 0.2) is 5.78 Å². The SMILES string of the molecule is CC(=O)c1cc2cnc(C(=O)NC3CN4CCC3CC4)cc2s1. The molecule has 2 aromatic heterocycles. The zero-order valence-corrected chi connectivity index (χ0v) is 13.9. The topological polar surface area (TPSA) is 62.3 Å². The number of hydrogen-bond acceptors (Lipinski definition) is 5. The van der Waals surface area contributed by atoms with Crippen molar-refractivity contribution >= 4 is 33.1 Å². The standard InChI is InChI=1S/C17H19N3O2S/c1-10(21)15-6-12-8-18-13(7-16(12)23-15)17(22)19-14-9-20-4-2-11(14)3-5-20/h6-8,11,14H,2-5,9H2,1H3,(H,19,22). The van der Waals surface area contributed by atoms with Gasteiger partial charge in [-0.15, -0.1) is 11.3 Å². The number of nitrogens with one attached hydrogen (secondary N) is 1. The molecule has 1 N–H and O–H groups in total. The maximum absolute atomic E-state index is 12.5. The Morgan fingerprint density at radius 1 is 1.30 bits per heavy atom. The lowest BCUT2D eigenvalue weighted by Gasteiger charge is -2.44. The largest absolute Gasteiger partial charge is 0.346 e. The fourth-order valence-electron chi connectivity index (χ4n) is 3.60. The molecule has 0 aromatic carbocycles. The molecule has 3 aliphatic heterocycles. The number of Topliss-reactive ketones (excluding diaryl/α,β-unsaturated/α-hetero) is 1. The Morgan fingerprint density at radius 2 is 2.09 bits per heavy atom. The average molecular weight is 329 g/mol. The molecular weight excluding hydrogens is 310 g/mol. The second kappa shape index (κ2) is 5.69. The summed E-state index contributed by atoms with van der Waals surface area (Å²) < 4.78 is 0.935. The molecule has 5 heterocycles. The normalized spacial score (nSPS) is 26.4. The van der Waals surface area contributed by atoms with Crippen LogP contribution in [0.15, 0.2) is 18.3 Å². The van der Waals surface area contributed by atoms with Crippen LogP contribution in [0.3, 0.4) is 0 Å². The van der Waals surface area contributed by atoms with Gasteiger partial charge >= 0.3 is 0 Å². The van der Waals surface area contributed by atoms with Crippen LogP contribution in [0, 0.1) is 5.92 Å². The third-order valence-corrected chi connectivity index (χ3v) is 6.15. The van der Waals surface area contributed by atoms with E-state index in [0.29, 0.717) is 16.5 Å². The summed E-state index contributed by atoms with van der Waals surface area (Å²) in [6, 6.07) is 3.87. The summed E-state index contributed by atoms with van der Waals surface area (Å²) >= 11 is 1.42. The van der Waals surface area contributed by atoms with E-state index in [1.165, 1.54) is 24.2 Å². The minimum absolute atomic E-state index is 0.0458. The van der Waals surface area contributed by atoms with E-state index in [9.17, 15) is 9.59 Å². The zero-order valence-electron chi connectivity index (χ0n) is 13.0. The van der Waals surface area contributed by atoms with Gasteiger partial charge in [0, 0.05) is 28.9 Å². The van der Waals surface area contributed by atoms with Crippen LogP contribution in [0.5, 0.6) is 0 Å². The van der Waals surface area contributed by atoms with Crippen LogP contribution < -0.4 is 5.32 Å². The molecule has 23 heavy (non-hydrogen) atoms. The van der Waals surface area contributed by atoms with Crippen molar-refractivity contribution in [3.63, 3.8) is 0 Å². The molecule has 6 heteroatoms. The fourth-order valence-corrected chi connectivity index (χ4v) is 4.57. The molecule has 0 spiro atoms. The fraction of sp³-hybridized carbons (Fsp3) is 0.471. The number of nitrogens with zero attached hydrogens (tertiary/aromatic N) is 2. The first kappa shape index (κ1) is 14.8. The number of ketones is 1. The summed E-state index contributed by atoms with van der Waals surface area (Å²) in [6.07, 6.45) is 4.03. The maximum Gasteiger partial charge on any atom is 0.270 e. The quantitative estimate of drug-likeness (QED) is 0.878. The van der Waals surface area contributed by atoms with Crippen molar-refractivity contribution in [3.05, 3.63) is 28.9 Å². The third kappa shape index (κ3) is 2.77. The van der Waals surface area contributed by atoms with Gasteiger partial charge in [-0.05, 0) is 50.9 Å². The number of piperidine rings is 3. The number of pyridine rings is 1. The Bertz CT molecular complexity index is 777. The van der Waals surface area contributed by atoms with Gasteiger partial charge in [-0.1, -0.05) is 0 Å². The number of carbonyl (C=O) groups excluding carboxylic acids is 2. The highest BCUT2D eigenvalue weighted by Crippen LogP contribution is 2.28. The van der Waals surface area contributed by atoms with E-state index in [4.69, 9.17) is 0 Å². The van der Waals surface area contributed by atoms with Crippen molar-refractivity contribution in [1.82, 2.24) is 15.2 Å². The first-order chi connectivity index (χ1) is 11.1. The van der Waals surface area contributed by atoms with Gasteiger partial charge in [0.25, 0.3) is 5.91 Å². The van der Waals surface area contributed by atoms with E-state index < -0.39 is 0 Å². The van der Waals surface area contributed by atoms with Crippen LogP contribution in [0.25, 0.3) is 10.1 Å². The zero-order chi connectivity index (χ0) is 16.0. The second-order valence-corrected chi connectivity index (χ2v) is 7.58. The summed E-state index contributed by atoms with van der Waals surface area (Å²) in [5, 5.41) is 4.07. The molecule has 5 rings (SSSR count). The Kier molecular flexibility index (Phi) is 3.66. The Labute approximate surface area is 138 Å². The summed E-state index contributed by atoms with van der Waals surface area (Å²) in [7, 11) is 0. The minimum atomic E-state index is -0.108. The maximum atomic E-state index is 12.5. The molecule has 1 unspecified atom stereocenters. The van der Waals surface area contributed by atoms with Gasteiger partial charge in [0.05, 0.1) is 4.88 Å². The molecule has 1 atom stereocenters. The van der Waals surface area contributed by atoms with Crippen LogP contribution in [0.4, 0.5) is 0 Å². The highest BCUT2D eigenvalue weighted by Gasteiger charge is 2.35. The van der Waals surface area contributed by atoms with Crippen molar-refractivity contribution < 1.29 is 9.59 Å². The molecule has 1 amide bonds. The molecule has 2 bridgehead atoms. The van der Waals surface area contributed by atoms with Gasteiger partial charge in [-0.3, -0.25) is 14.6 Å². The Morgan fingerprint density at radius 3 is 2.74 bits per heavy atom. The lowest BCUT2D eigenvalue weighted by molar-refractivity contribution is 0.0618. The number of aromatic nitrogens is 1. The predicted octanol–water partition coefficient (Wildman–Crippen LogP) is 2.32. The van der Waals surface area contributed by atoms with Crippen molar-refractivity contribution in [2.45, 2.75) is 25.8 Å². The van der Waals surface area contributed by atoms with Gasteiger partial charge in [-0.25, -0.2) is 0 Å². The smallest absolute Gasteiger partial charge is 0.270 e. The summed E-state index contributed by atoms with van der Waals surface area (Å²) in [6.45, 7) is 4.82. The molecule has 0 aliphatic carbocycles. The van der Waals surface area contributed by atoms with E-state index >= 15 is 0 Å². The Balaban J connectivity index is 1.54. The Hall–Kier alpha value is -1.79. The van der Waals surface area contributed by atoms with Crippen LogP contribution in [0.2, 0.25) is 0 Å². The molecule has 0 radical (unpaired) electrons. The van der Waals surface area contributed by atoms with E-state index in [0.717, 1.165) is 29.7 Å². The monoisotopic (exact) mass is 329 g/mol. The van der Waals surface area contributed by atoms with Crippen LogP contribution in [-0.2, 0) is 0 Å². The summed E-state index contributed by atoms with van der Waals surface area (Å²) in [5.41, 5.74) is 0.436. The van der Waals surface area contributed by atoms with Gasteiger partial charge in [0.2, 0.25) is 0 Å². The lowest BCUT2D eigenvalue weighted by Crippen LogP contribution is -2.57. The van der Waals surface area contributed by atoms with E-state index in [-0.39, 0.29) is 17.7 Å². The first-order valence-corrected chi connectivity index (χ1v) is 8.85. The van der Waals surface area contributed by atoms with Gasteiger partial charge in [0.1, 0.15) is 5.69 Å². The van der Waals surface area contributed by atoms with E-state index in [1.807, 2.05) is 6.07 Å². The number of fused-ring (bicyclic) bond motifs is 4. The molecule has 3 saturated heterocycles. The van der Waals surface area contributed by atoms with Crippen molar-refractivity contribution in [2.75, 3.05) is 19.6 Å². The lowest BCUT2D eigenvalue weighted by atomic mass is 9.84. The predicted molar refractivity (Wildman–Crippen MR) is 90.0 cm³/mol. The van der Waals surface area contributed by atoms with Crippen molar-refractivity contribution in [3.8, 4) is 0 Å². The molecule has 120 valence electrons. The summed E-state index contributed by atoms with van der Waals surface area (Å²) in [5.74, 6) is 0.534. The highest BCUT2D eigenvalue weighted by atomic mass is 32.1. The number of hydrogen-bond donors (Lipinski definition) is 1. The molecule has 2 aromatic rings. The number of thiophene rings is 1. The van der Waals surface area contributed by atoms with Crippen molar-refractivity contribution in [1.29, 1.82) is 0 Å². The van der Waals surface area contributed by atoms with E-state index in [1.54, 1.807) is 19.2 Å². The van der Waals surface area contributed by atoms with Gasteiger partial charge in [-0.2, -0.15) is 0 Å². The summed E-state index contributed by atoms with van der Waals surface area (Å²) in [4.78, 5) is 31.4. The van der Waals surface area contributed by atoms with E-state index in [2.05, 4.69) is 15.2 Å². The molecule has 3 aliphatic rings. The second-order valence-electron chi connectivity index (χ2n) is 6.49. The number of carbonyl (C=O) groups is 2. The molecular formula is C17H19N3O2S. The first-order valence-electron chi connectivity index (χ1n) is 8.04. The van der Waals surface area contributed by atoms with Crippen molar-refractivity contribution in [2.24, 2.45) is 5.92 Å².